The highest BCUT2D eigenvalue weighted by Crippen LogP contribution is 2.15. The Hall–Kier alpha value is -1.30. The highest BCUT2D eigenvalue weighted by Gasteiger charge is 2.32. The fraction of sp³-hybridized carbons (Fsp3) is 0.800. The zero-order valence-electron chi connectivity index (χ0n) is 10.1. The molecule has 0 aromatic heterocycles. The van der Waals surface area contributed by atoms with Gasteiger partial charge in [-0.1, -0.05) is 19.0 Å². The zero-order chi connectivity index (χ0) is 12.6. The molecule has 0 aromatic rings. The van der Waals surface area contributed by atoms with Crippen molar-refractivity contribution >= 4 is 11.7 Å². The van der Waals surface area contributed by atoms with E-state index in [0.29, 0.717) is 19.4 Å². The van der Waals surface area contributed by atoms with Crippen LogP contribution in [0.3, 0.4) is 0 Å². The summed E-state index contributed by atoms with van der Waals surface area (Å²) in [6, 6.07) is 0. The van der Waals surface area contributed by atoms with E-state index in [1.54, 1.807) is 0 Å². The molecule has 0 saturated heterocycles. The van der Waals surface area contributed by atoms with Gasteiger partial charge in [-0.2, -0.15) is 0 Å². The van der Waals surface area contributed by atoms with E-state index in [1.807, 2.05) is 13.8 Å². The molecule has 0 rings (SSSR count). The van der Waals surface area contributed by atoms with Crippen LogP contribution in [0.25, 0.3) is 0 Å². The Bertz CT molecular complexity index is 250. The van der Waals surface area contributed by atoms with Gasteiger partial charge in [0.2, 0.25) is 5.91 Å². The van der Waals surface area contributed by atoms with E-state index >= 15 is 0 Å². The Labute approximate surface area is 95.8 Å². The molecule has 16 heavy (non-hydrogen) atoms. The van der Waals surface area contributed by atoms with Crippen molar-refractivity contribution in [2.75, 3.05) is 13.7 Å². The standard InChI is InChI=1S/C10H21N3O3/c1-4-10(5-2,9(11)13-15)12-8(14)6-7-16-3/h15H,4-7H2,1-3H3,(H2,11,13)(H,12,14). The normalized spacial score (nSPS) is 12.6. The molecule has 6 nitrogen and oxygen atoms in total. The molecular weight excluding hydrogens is 210 g/mol. The molecule has 0 aromatic carbocycles. The lowest BCUT2D eigenvalue weighted by molar-refractivity contribution is -0.123. The molecular formula is C10H21N3O3. The van der Waals surface area contributed by atoms with Gasteiger partial charge in [-0.15, -0.1) is 0 Å². The fourth-order valence-corrected chi connectivity index (χ4v) is 1.47. The molecule has 0 spiro atoms. The number of nitrogens with zero attached hydrogens (tertiary/aromatic N) is 1. The van der Waals surface area contributed by atoms with Crippen LogP contribution in [0.4, 0.5) is 0 Å². The van der Waals surface area contributed by atoms with Crippen molar-refractivity contribution in [1.82, 2.24) is 5.32 Å². The quantitative estimate of drug-likeness (QED) is 0.256. The van der Waals surface area contributed by atoms with Crippen LogP contribution in [0, 0.1) is 0 Å². The van der Waals surface area contributed by atoms with E-state index in [9.17, 15) is 4.79 Å². The number of carbonyl (C=O) groups excluding carboxylic acids is 1. The topological polar surface area (TPSA) is 96.9 Å². The number of nitrogens with one attached hydrogen (secondary N) is 1. The highest BCUT2D eigenvalue weighted by atomic mass is 16.5. The predicted molar refractivity (Wildman–Crippen MR) is 61.4 cm³/mol. The van der Waals surface area contributed by atoms with Gasteiger partial charge in [-0.3, -0.25) is 4.79 Å². The first-order valence-electron chi connectivity index (χ1n) is 5.34. The number of amides is 1. The Kier molecular flexibility index (Phi) is 6.48. The fourth-order valence-electron chi connectivity index (χ4n) is 1.47. The number of oxime groups is 1. The third kappa shape index (κ3) is 3.69. The molecule has 0 aliphatic carbocycles. The minimum Gasteiger partial charge on any atom is -0.409 e. The van der Waals surface area contributed by atoms with Crippen LogP contribution in [0.2, 0.25) is 0 Å². The number of ether oxygens (including phenoxy) is 1. The van der Waals surface area contributed by atoms with Crippen LogP contribution in [0.5, 0.6) is 0 Å². The molecule has 0 saturated carbocycles. The van der Waals surface area contributed by atoms with Crippen LogP contribution >= 0.6 is 0 Å². The predicted octanol–water partition coefficient (Wildman–Crippen LogP) is 0.444. The van der Waals surface area contributed by atoms with Gasteiger partial charge >= 0.3 is 0 Å². The third-order valence-electron chi connectivity index (χ3n) is 2.72. The van der Waals surface area contributed by atoms with Gasteiger partial charge in [0.25, 0.3) is 0 Å². The van der Waals surface area contributed by atoms with E-state index in [0.717, 1.165) is 0 Å². The molecule has 1 amide bonds. The van der Waals surface area contributed by atoms with E-state index in [1.165, 1.54) is 7.11 Å². The van der Waals surface area contributed by atoms with E-state index in [-0.39, 0.29) is 18.2 Å². The van der Waals surface area contributed by atoms with Crippen LogP contribution < -0.4 is 11.1 Å². The summed E-state index contributed by atoms with van der Waals surface area (Å²) in [7, 11) is 1.53. The van der Waals surface area contributed by atoms with E-state index < -0.39 is 5.54 Å². The molecule has 6 heteroatoms. The second-order valence-corrected chi connectivity index (χ2v) is 3.57. The minimum atomic E-state index is -0.764. The van der Waals surface area contributed by atoms with Crippen LogP contribution in [-0.2, 0) is 9.53 Å². The molecule has 0 unspecified atom stereocenters. The van der Waals surface area contributed by atoms with E-state index in [4.69, 9.17) is 15.7 Å². The molecule has 94 valence electrons. The third-order valence-corrected chi connectivity index (χ3v) is 2.72. The number of hydrogen-bond donors (Lipinski definition) is 3. The van der Waals surface area contributed by atoms with Gasteiger partial charge in [-0.25, -0.2) is 0 Å². The minimum absolute atomic E-state index is 0.0308. The van der Waals surface area contributed by atoms with Crippen molar-refractivity contribution in [3.8, 4) is 0 Å². The van der Waals surface area contributed by atoms with Crippen molar-refractivity contribution < 1.29 is 14.7 Å². The number of carbonyl (C=O) groups is 1. The van der Waals surface area contributed by atoms with Crippen LogP contribution in [0.1, 0.15) is 33.1 Å². The Morgan fingerprint density at radius 2 is 2.06 bits per heavy atom. The highest BCUT2D eigenvalue weighted by molar-refractivity contribution is 5.93. The SMILES string of the molecule is CCC(CC)(NC(=O)CCOC)C(N)=NO. The Morgan fingerprint density at radius 1 is 1.50 bits per heavy atom. The molecule has 0 fully saturated rings. The number of amidine groups is 1. The number of rotatable bonds is 7. The first-order chi connectivity index (χ1) is 7.56. The average molecular weight is 231 g/mol. The maximum atomic E-state index is 11.6. The van der Waals surface area contributed by atoms with Gasteiger partial charge in [0.1, 0.15) is 5.54 Å². The Morgan fingerprint density at radius 3 is 2.44 bits per heavy atom. The van der Waals surface area contributed by atoms with Gasteiger partial charge in [0, 0.05) is 13.5 Å². The molecule has 0 radical (unpaired) electrons. The number of methoxy groups -OCH3 is 1. The van der Waals surface area contributed by atoms with Gasteiger partial charge in [0.05, 0.1) is 6.61 Å². The van der Waals surface area contributed by atoms with Crippen molar-refractivity contribution in [3.63, 3.8) is 0 Å². The van der Waals surface area contributed by atoms with Crippen LogP contribution in [-0.4, -0.2) is 36.2 Å². The lowest BCUT2D eigenvalue weighted by Crippen LogP contribution is -2.57. The maximum Gasteiger partial charge on any atom is 0.223 e. The summed E-state index contributed by atoms with van der Waals surface area (Å²) in [4.78, 5) is 11.6. The monoisotopic (exact) mass is 231 g/mol. The lowest BCUT2D eigenvalue weighted by Gasteiger charge is -2.31. The molecule has 0 aliphatic heterocycles. The molecule has 4 N–H and O–H groups in total. The Balaban J connectivity index is 4.61. The zero-order valence-corrected chi connectivity index (χ0v) is 10.1. The maximum absolute atomic E-state index is 11.6. The first kappa shape index (κ1) is 14.7. The van der Waals surface area contributed by atoms with E-state index in [2.05, 4.69) is 10.5 Å². The summed E-state index contributed by atoms with van der Waals surface area (Å²) in [6.45, 7) is 4.10. The molecule has 0 bridgehead atoms. The second kappa shape index (κ2) is 7.05. The molecule has 0 heterocycles. The summed E-state index contributed by atoms with van der Waals surface area (Å²) in [6.07, 6.45) is 1.40. The summed E-state index contributed by atoms with van der Waals surface area (Å²) in [5.74, 6) is -0.139. The van der Waals surface area contributed by atoms with Gasteiger partial charge in [-0.05, 0) is 12.8 Å². The summed E-state index contributed by atoms with van der Waals surface area (Å²) in [5, 5.41) is 14.5. The van der Waals surface area contributed by atoms with Crippen molar-refractivity contribution in [3.05, 3.63) is 0 Å². The second-order valence-electron chi connectivity index (χ2n) is 3.57. The van der Waals surface area contributed by atoms with Gasteiger partial charge < -0.3 is 21.0 Å². The summed E-state index contributed by atoms with van der Waals surface area (Å²) >= 11 is 0. The van der Waals surface area contributed by atoms with Gasteiger partial charge in [0.15, 0.2) is 5.84 Å². The van der Waals surface area contributed by atoms with Crippen molar-refractivity contribution in [2.24, 2.45) is 10.9 Å². The molecule has 0 aliphatic rings. The molecule has 0 atom stereocenters. The summed E-state index contributed by atoms with van der Waals surface area (Å²) < 4.78 is 4.81. The lowest BCUT2D eigenvalue weighted by atomic mass is 9.91. The first-order valence-corrected chi connectivity index (χ1v) is 5.34. The van der Waals surface area contributed by atoms with Crippen molar-refractivity contribution in [2.45, 2.75) is 38.6 Å². The average Bonchev–Trinajstić information content (AvgIpc) is 2.32. The van der Waals surface area contributed by atoms with Crippen LogP contribution in [0.15, 0.2) is 5.16 Å². The largest absolute Gasteiger partial charge is 0.409 e. The number of hydrogen-bond acceptors (Lipinski definition) is 4. The van der Waals surface area contributed by atoms with Crippen molar-refractivity contribution in [1.29, 1.82) is 0 Å². The summed E-state index contributed by atoms with van der Waals surface area (Å²) in [5.41, 5.74) is 4.84. The smallest absolute Gasteiger partial charge is 0.223 e. The number of nitrogens with two attached hydrogens (primary N) is 1.